The first-order chi connectivity index (χ1) is 27.2. The fraction of sp³-hybridized carbons (Fsp3) is 0.533. The maximum Gasteiger partial charge on any atom is 0.251 e. The van der Waals surface area contributed by atoms with Gasteiger partial charge in [0.25, 0.3) is 11.8 Å². The Kier molecular flexibility index (Phi) is 13.1. The highest BCUT2D eigenvalue weighted by molar-refractivity contribution is 6.02. The van der Waals surface area contributed by atoms with Gasteiger partial charge >= 0.3 is 0 Å². The molecule has 2 bridgehead atoms. The number of hydroxylamine groups is 2. The van der Waals surface area contributed by atoms with E-state index in [4.69, 9.17) is 9.57 Å². The summed E-state index contributed by atoms with van der Waals surface area (Å²) in [5.41, 5.74) is 3.88. The Morgan fingerprint density at radius 1 is 1.02 bits per heavy atom. The number of para-hydroxylation sites is 1. The minimum Gasteiger partial charge on any atom is -0.496 e. The first-order valence-corrected chi connectivity index (χ1v) is 20.2. The smallest absolute Gasteiger partial charge is 0.251 e. The number of nitrogens with zero attached hydrogens (tertiary/aromatic N) is 2. The lowest BCUT2D eigenvalue weighted by Crippen LogP contribution is -2.62. The van der Waals surface area contributed by atoms with Gasteiger partial charge in [-0.1, -0.05) is 69.3 Å². The summed E-state index contributed by atoms with van der Waals surface area (Å²) in [5.74, 6) is 0.277. The molecule has 0 aromatic heterocycles. The molecule has 1 aliphatic heterocycles. The molecular formula is C45H61N5O7. The molecule has 3 saturated carbocycles. The average molecular weight is 784 g/mol. The molecule has 57 heavy (non-hydrogen) atoms. The van der Waals surface area contributed by atoms with Gasteiger partial charge in [-0.3, -0.25) is 19.2 Å². The number of rotatable bonds is 15. The Labute approximate surface area is 337 Å². The molecule has 0 radical (unpaired) electrons. The molecular weight excluding hydrogens is 723 g/mol. The van der Waals surface area contributed by atoms with Crippen LogP contribution in [-0.2, 0) is 22.6 Å². The van der Waals surface area contributed by atoms with Gasteiger partial charge < -0.3 is 35.8 Å². The van der Waals surface area contributed by atoms with E-state index in [-0.39, 0.29) is 48.4 Å². The lowest BCUT2D eigenvalue weighted by molar-refractivity contribution is -0.183. The predicted molar refractivity (Wildman–Crippen MR) is 219 cm³/mol. The zero-order valence-electron chi connectivity index (χ0n) is 34.6. The maximum absolute atomic E-state index is 14.3. The van der Waals surface area contributed by atoms with Crippen molar-refractivity contribution in [3.63, 3.8) is 0 Å². The third-order valence-corrected chi connectivity index (χ3v) is 12.9. The van der Waals surface area contributed by atoms with Crippen molar-refractivity contribution in [2.45, 2.75) is 83.8 Å². The fourth-order valence-corrected chi connectivity index (χ4v) is 9.79. The molecule has 1 heterocycles. The zero-order valence-corrected chi connectivity index (χ0v) is 34.6. The normalized spacial score (nSPS) is 26.3. The van der Waals surface area contributed by atoms with Crippen LogP contribution >= 0.6 is 0 Å². The van der Waals surface area contributed by atoms with E-state index < -0.39 is 24.2 Å². The molecule has 4 fully saturated rings. The molecule has 12 heteroatoms. The van der Waals surface area contributed by atoms with E-state index in [2.05, 4.69) is 36.7 Å². The molecule has 3 aromatic rings. The van der Waals surface area contributed by atoms with Crippen molar-refractivity contribution in [3.05, 3.63) is 89.0 Å². The fourth-order valence-electron chi connectivity index (χ4n) is 9.79. The third-order valence-electron chi connectivity index (χ3n) is 12.9. The van der Waals surface area contributed by atoms with E-state index in [0.717, 1.165) is 12.0 Å². The van der Waals surface area contributed by atoms with E-state index in [1.54, 1.807) is 44.3 Å². The van der Waals surface area contributed by atoms with Gasteiger partial charge in [0, 0.05) is 53.8 Å². The summed E-state index contributed by atoms with van der Waals surface area (Å²) in [5, 5.41) is 32.1. The molecule has 0 spiro atoms. The second kappa shape index (κ2) is 17.7. The number of aliphatic hydroxyl groups is 2. The number of hydrogen-bond donors (Lipinski definition) is 5. The van der Waals surface area contributed by atoms with Crippen LogP contribution in [0.3, 0.4) is 0 Å². The van der Waals surface area contributed by atoms with Gasteiger partial charge in [0.15, 0.2) is 0 Å². The van der Waals surface area contributed by atoms with Gasteiger partial charge in [-0.25, -0.2) is 0 Å². The van der Waals surface area contributed by atoms with Crippen molar-refractivity contribution in [2.24, 2.45) is 29.1 Å². The number of amides is 3. The summed E-state index contributed by atoms with van der Waals surface area (Å²) in [6, 6.07) is 19.6. The highest BCUT2D eigenvalue weighted by atomic mass is 16.7. The number of fused-ring (bicyclic) bond motifs is 2. The number of benzene rings is 3. The molecule has 7 rings (SSSR count). The summed E-state index contributed by atoms with van der Waals surface area (Å²) in [7, 11) is 7.02. The van der Waals surface area contributed by atoms with Crippen molar-refractivity contribution in [1.82, 2.24) is 25.9 Å². The van der Waals surface area contributed by atoms with Crippen molar-refractivity contribution >= 4 is 17.7 Å². The molecule has 3 amide bonds. The summed E-state index contributed by atoms with van der Waals surface area (Å²) in [4.78, 5) is 49.7. The van der Waals surface area contributed by atoms with Gasteiger partial charge in [0.1, 0.15) is 17.9 Å². The topological polar surface area (TPSA) is 153 Å². The third kappa shape index (κ3) is 8.90. The molecule has 9 atom stereocenters. The summed E-state index contributed by atoms with van der Waals surface area (Å²) in [6.45, 7) is 8.83. The van der Waals surface area contributed by atoms with E-state index in [1.807, 2.05) is 67.5 Å². The lowest BCUT2D eigenvalue weighted by atomic mass is 9.45. The van der Waals surface area contributed by atoms with Crippen LogP contribution in [0, 0.1) is 29.1 Å². The molecule has 12 nitrogen and oxygen atoms in total. The molecule has 1 saturated heterocycles. The van der Waals surface area contributed by atoms with Crippen LogP contribution in [0.1, 0.15) is 72.4 Å². The summed E-state index contributed by atoms with van der Waals surface area (Å²) < 4.78 is 6.05. The van der Waals surface area contributed by atoms with E-state index in [9.17, 15) is 24.6 Å². The largest absolute Gasteiger partial charge is 0.496 e. The van der Waals surface area contributed by atoms with Crippen molar-refractivity contribution in [2.75, 3.05) is 41.4 Å². The molecule has 0 unspecified atom stereocenters. The average Bonchev–Trinajstić information content (AvgIpc) is 3.56. The van der Waals surface area contributed by atoms with Crippen LogP contribution in [-0.4, -0.2) is 110 Å². The Morgan fingerprint density at radius 3 is 2.32 bits per heavy atom. The molecule has 3 aliphatic carbocycles. The van der Waals surface area contributed by atoms with Gasteiger partial charge in [0.2, 0.25) is 5.91 Å². The minimum absolute atomic E-state index is 0.00677. The molecule has 5 N–H and O–H groups in total. The number of carbonyl (C=O) groups is 3. The van der Waals surface area contributed by atoms with Gasteiger partial charge in [-0.15, -0.1) is 0 Å². The Morgan fingerprint density at radius 2 is 1.72 bits per heavy atom. The van der Waals surface area contributed by atoms with Gasteiger partial charge in [0.05, 0.1) is 26.4 Å². The van der Waals surface area contributed by atoms with Crippen LogP contribution in [0.15, 0.2) is 66.7 Å². The number of nitrogens with one attached hydrogen (secondary N) is 3. The van der Waals surface area contributed by atoms with Crippen molar-refractivity contribution in [1.29, 1.82) is 0 Å². The van der Waals surface area contributed by atoms with Crippen LogP contribution < -0.4 is 20.7 Å². The van der Waals surface area contributed by atoms with Gasteiger partial charge in [-0.05, 0) is 92.8 Å². The number of aliphatic hydroxyl groups excluding tert-OH is 2. The van der Waals surface area contributed by atoms with Crippen LogP contribution in [0.2, 0.25) is 0 Å². The summed E-state index contributed by atoms with van der Waals surface area (Å²) >= 11 is 0. The van der Waals surface area contributed by atoms with E-state index >= 15 is 0 Å². The first-order valence-electron chi connectivity index (χ1n) is 20.2. The molecule has 308 valence electrons. The number of methoxy groups -OCH3 is 1. The first kappa shape index (κ1) is 42.3. The van der Waals surface area contributed by atoms with Crippen LogP contribution in [0.5, 0.6) is 5.75 Å². The van der Waals surface area contributed by atoms with E-state index in [1.165, 1.54) is 6.42 Å². The highest BCUT2D eigenvalue weighted by Gasteiger charge is 2.57. The number of hydrogen-bond acceptors (Lipinski definition) is 9. The van der Waals surface area contributed by atoms with Crippen LogP contribution in [0.4, 0.5) is 0 Å². The summed E-state index contributed by atoms with van der Waals surface area (Å²) in [6.07, 6.45) is 0.985. The second-order valence-corrected chi connectivity index (χ2v) is 17.2. The lowest BCUT2D eigenvalue weighted by Gasteiger charge is -2.62. The number of carbonyl (C=O) groups excluding carboxylic acids is 3. The van der Waals surface area contributed by atoms with Crippen molar-refractivity contribution in [3.8, 4) is 16.9 Å². The van der Waals surface area contributed by atoms with Gasteiger partial charge in [-0.2, -0.15) is 5.06 Å². The van der Waals surface area contributed by atoms with Crippen LogP contribution in [0.25, 0.3) is 11.1 Å². The predicted octanol–water partition coefficient (Wildman–Crippen LogP) is 4.29. The Bertz CT molecular complexity index is 1900. The highest BCUT2D eigenvalue weighted by Crippen LogP contribution is 2.61. The monoisotopic (exact) mass is 783 g/mol. The zero-order chi connectivity index (χ0) is 41.2. The Hall–Kier alpha value is -4.33. The minimum atomic E-state index is -0.936. The molecule has 3 aromatic carbocycles. The van der Waals surface area contributed by atoms with E-state index in [0.29, 0.717) is 64.3 Å². The SMILES string of the molecule is CNC(=O)c1cc(C(=O)N[C@@H](Cc2ccccc2)CN(C)C)cc(-c2cccc(CN3O[C@@H](CO)[C@@H]([C@H](C)O)[C@H]3C(=O)N[C@H]3C[C@H]4C[C@H]([C@@H]3C)C4(C)C)c2OC)c1. The quantitative estimate of drug-likeness (QED) is 0.152. The number of likely N-dealkylation sites (N-methyl/N-ethyl adjacent to an activating group) is 1. The molecule has 4 aliphatic rings. The number of ether oxygens (including phenoxy) is 1. The Balaban J connectivity index is 1.30. The van der Waals surface area contributed by atoms with Crippen molar-refractivity contribution < 1.29 is 34.2 Å². The second-order valence-electron chi connectivity index (χ2n) is 17.2. The standard InChI is InChI=1S/C45H61N5O7/c1-26-36-21-33(45(36,3)4)22-37(26)48-44(55)40-39(27(2)52)38(25-51)57-50(40)23-29-15-12-16-35(41(29)56-8)30-18-31(42(53)46-5)20-32(19-30)43(54)47-34(24-49(6)7)17-28-13-10-9-11-14-28/h9-16,18-20,26-27,33-34,36-40,51-52H,17,21-25H2,1-8H3,(H,46,53)(H,47,54)(H,48,55)/t26-,27-,33+,34-,36+,37-,38-,39+,40-/m0/s1. The maximum atomic E-state index is 14.3.